The normalized spacial score (nSPS) is 16.2. The Hall–Kier alpha value is -2.93. The number of nitrogens with one attached hydrogen (secondary N) is 2. The Morgan fingerprint density at radius 2 is 1.93 bits per heavy atom. The Morgan fingerprint density at radius 1 is 1.20 bits per heavy atom. The minimum atomic E-state index is -0.411. The number of carbonyl (C=O) groups excluding carboxylic acids is 2. The fraction of sp³-hybridized carbons (Fsp3) is 0.435. The first-order valence-corrected chi connectivity index (χ1v) is 10.4. The maximum absolute atomic E-state index is 13.0. The van der Waals surface area contributed by atoms with E-state index in [1.807, 2.05) is 18.2 Å². The summed E-state index contributed by atoms with van der Waals surface area (Å²) in [6, 6.07) is 8.94. The minimum Gasteiger partial charge on any atom is -0.349 e. The van der Waals surface area contributed by atoms with Gasteiger partial charge in [-0.15, -0.1) is 0 Å². The molecular weight excluding hydrogens is 380 g/mol. The van der Waals surface area contributed by atoms with Crippen LogP contribution in [0.1, 0.15) is 34.3 Å². The van der Waals surface area contributed by atoms with Crippen LogP contribution in [0.25, 0.3) is 0 Å². The SMILES string of the molecule is Cc1ccn(CC2CCCNC2)c(=O)c1C(=O)Nc1ccc(CC(=O)N(C)C)cc1. The predicted molar refractivity (Wildman–Crippen MR) is 118 cm³/mol. The lowest BCUT2D eigenvalue weighted by Gasteiger charge is -2.23. The molecule has 1 aliphatic rings. The van der Waals surface area contributed by atoms with E-state index < -0.39 is 5.91 Å². The molecule has 1 atom stereocenters. The van der Waals surface area contributed by atoms with Gasteiger partial charge in [-0.05, 0) is 68.1 Å². The smallest absolute Gasteiger partial charge is 0.263 e. The molecule has 0 bridgehead atoms. The first-order valence-electron chi connectivity index (χ1n) is 10.4. The van der Waals surface area contributed by atoms with Crippen LogP contribution in [0, 0.1) is 12.8 Å². The maximum atomic E-state index is 13.0. The van der Waals surface area contributed by atoms with Crippen molar-refractivity contribution in [3.05, 3.63) is 63.6 Å². The van der Waals surface area contributed by atoms with Crippen molar-refractivity contribution in [2.45, 2.75) is 32.7 Å². The number of aromatic nitrogens is 1. The summed E-state index contributed by atoms with van der Waals surface area (Å²) in [6.45, 7) is 4.30. The number of amides is 2. The van der Waals surface area contributed by atoms with Gasteiger partial charge in [0.15, 0.2) is 0 Å². The predicted octanol–water partition coefficient (Wildman–Crippen LogP) is 2.04. The zero-order valence-corrected chi connectivity index (χ0v) is 17.9. The van der Waals surface area contributed by atoms with Crippen molar-refractivity contribution in [3.8, 4) is 0 Å². The molecule has 1 saturated heterocycles. The molecule has 0 spiro atoms. The van der Waals surface area contributed by atoms with Crippen molar-refractivity contribution in [2.24, 2.45) is 5.92 Å². The van der Waals surface area contributed by atoms with Crippen LogP contribution in [0.15, 0.2) is 41.3 Å². The highest BCUT2D eigenvalue weighted by molar-refractivity contribution is 6.05. The molecule has 2 N–H and O–H groups in total. The average molecular weight is 411 g/mol. The summed E-state index contributed by atoms with van der Waals surface area (Å²) in [5, 5.41) is 6.17. The summed E-state index contributed by atoms with van der Waals surface area (Å²) in [7, 11) is 3.44. The van der Waals surface area contributed by atoms with Gasteiger partial charge >= 0.3 is 0 Å². The van der Waals surface area contributed by atoms with E-state index >= 15 is 0 Å². The molecule has 3 rings (SSSR count). The fourth-order valence-corrected chi connectivity index (χ4v) is 3.68. The molecule has 1 fully saturated rings. The van der Waals surface area contributed by atoms with Crippen molar-refractivity contribution in [1.82, 2.24) is 14.8 Å². The number of benzene rings is 1. The van der Waals surface area contributed by atoms with Crippen LogP contribution in [0.2, 0.25) is 0 Å². The topological polar surface area (TPSA) is 83.4 Å². The zero-order chi connectivity index (χ0) is 21.7. The van der Waals surface area contributed by atoms with Crippen molar-refractivity contribution in [3.63, 3.8) is 0 Å². The van der Waals surface area contributed by atoms with Gasteiger partial charge in [-0.1, -0.05) is 12.1 Å². The van der Waals surface area contributed by atoms with E-state index in [0.717, 1.165) is 31.5 Å². The number of aryl methyl sites for hydroxylation is 1. The van der Waals surface area contributed by atoms with Gasteiger partial charge in [-0.25, -0.2) is 0 Å². The molecule has 1 unspecified atom stereocenters. The third-order valence-electron chi connectivity index (χ3n) is 5.52. The van der Waals surface area contributed by atoms with Gasteiger partial charge < -0.3 is 20.1 Å². The summed E-state index contributed by atoms with van der Waals surface area (Å²) in [6.07, 6.45) is 4.27. The third kappa shape index (κ3) is 5.36. The van der Waals surface area contributed by atoms with E-state index in [4.69, 9.17) is 0 Å². The molecule has 1 aliphatic heterocycles. The molecule has 1 aromatic carbocycles. The minimum absolute atomic E-state index is 0.0143. The average Bonchev–Trinajstić information content (AvgIpc) is 2.72. The number of nitrogens with zero attached hydrogens (tertiary/aromatic N) is 2. The molecule has 0 radical (unpaired) electrons. The molecule has 1 aromatic heterocycles. The molecule has 0 aliphatic carbocycles. The maximum Gasteiger partial charge on any atom is 0.263 e. The van der Waals surface area contributed by atoms with Gasteiger partial charge in [0.2, 0.25) is 5.91 Å². The van der Waals surface area contributed by atoms with Crippen LogP contribution in [-0.4, -0.2) is 48.5 Å². The number of piperidine rings is 1. The van der Waals surface area contributed by atoms with Gasteiger partial charge in [0, 0.05) is 32.5 Å². The standard InChI is InChI=1S/C23H30N4O3/c1-16-10-12-27(15-18-5-4-11-24-14-18)23(30)21(16)22(29)25-19-8-6-17(7-9-19)13-20(28)26(2)3/h6-10,12,18,24H,4-5,11,13-15H2,1-3H3,(H,25,29). The van der Waals surface area contributed by atoms with Gasteiger partial charge in [0.25, 0.3) is 11.5 Å². The Morgan fingerprint density at radius 3 is 2.57 bits per heavy atom. The number of carbonyl (C=O) groups is 2. The van der Waals surface area contributed by atoms with E-state index in [2.05, 4.69) is 10.6 Å². The van der Waals surface area contributed by atoms with Crippen LogP contribution in [-0.2, 0) is 17.8 Å². The zero-order valence-electron chi connectivity index (χ0n) is 17.9. The molecule has 7 nitrogen and oxygen atoms in total. The number of anilines is 1. The van der Waals surface area contributed by atoms with Crippen molar-refractivity contribution in [2.75, 3.05) is 32.5 Å². The van der Waals surface area contributed by atoms with Crippen LogP contribution in [0.3, 0.4) is 0 Å². The third-order valence-corrected chi connectivity index (χ3v) is 5.52. The number of hydrogen-bond acceptors (Lipinski definition) is 4. The second-order valence-electron chi connectivity index (χ2n) is 8.16. The molecule has 2 aromatic rings. The molecular formula is C23H30N4O3. The number of likely N-dealkylation sites (N-methyl/N-ethyl adjacent to an activating group) is 1. The summed E-state index contributed by atoms with van der Waals surface area (Å²) < 4.78 is 1.65. The van der Waals surface area contributed by atoms with Gasteiger partial charge in [-0.3, -0.25) is 14.4 Å². The van der Waals surface area contributed by atoms with Crippen molar-refractivity contribution in [1.29, 1.82) is 0 Å². The molecule has 2 heterocycles. The lowest BCUT2D eigenvalue weighted by atomic mass is 9.99. The second-order valence-corrected chi connectivity index (χ2v) is 8.16. The van der Waals surface area contributed by atoms with Gasteiger partial charge in [0.1, 0.15) is 5.56 Å². The summed E-state index contributed by atoms with van der Waals surface area (Å²) >= 11 is 0. The Balaban J connectivity index is 1.72. The van der Waals surface area contributed by atoms with E-state index in [-0.39, 0.29) is 17.0 Å². The van der Waals surface area contributed by atoms with E-state index in [1.54, 1.807) is 48.8 Å². The Kier molecular flexibility index (Phi) is 7.05. The fourth-order valence-electron chi connectivity index (χ4n) is 3.68. The first kappa shape index (κ1) is 21.8. The van der Waals surface area contributed by atoms with Crippen LogP contribution >= 0.6 is 0 Å². The largest absolute Gasteiger partial charge is 0.349 e. The molecule has 0 saturated carbocycles. The van der Waals surface area contributed by atoms with E-state index in [9.17, 15) is 14.4 Å². The first-order chi connectivity index (χ1) is 14.3. The Bertz CT molecular complexity index is 957. The van der Waals surface area contributed by atoms with Crippen molar-refractivity contribution < 1.29 is 9.59 Å². The summed E-state index contributed by atoms with van der Waals surface area (Å²) in [5.41, 5.74) is 2.03. The lowest BCUT2D eigenvalue weighted by Crippen LogP contribution is -2.36. The molecule has 160 valence electrons. The van der Waals surface area contributed by atoms with Gasteiger partial charge in [0.05, 0.1) is 6.42 Å². The second kappa shape index (κ2) is 9.71. The molecule has 30 heavy (non-hydrogen) atoms. The van der Waals surface area contributed by atoms with E-state index in [0.29, 0.717) is 30.1 Å². The van der Waals surface area contributed by atoms with Crippen LogP contribution < -0.4 is 16.2 Å². The van der Waals surface area contributed by atoms with E-state index in [1.165, 1.54) is 0 Å². The van der Waals surface area contributed by atoms with Gasteiger partial charge in [-0.2, -0.15) is 0 Å². The lowest BCUT2D eigenvalue weighted by molar-refractivity contribution is -0.127. The molecule has 2 amide bonds. The Labute approximate surface area is 177 Å². The molecule has 7 heteroatoms. The quantitative estimate of drug-likeness (QED) is 0.763. The number of hydrogen-bond donors (Lipinski definition) is 2. The number of rotatable bonds is 6. The highest BCUT2D eigenvalue weighted by atomic mass is 16.2. The number of pyridine rings is 1. The summed E-state index contributed by atoms with van der Waals surface area (Å²) in [4.78, 5) is 39.2. The monoisotopic (exact) mass is 410 g/mol. The van der Waals surface area contributed by atoms with Crippen LogP contribution in [0.5, 0.6) is 0 Å². The van der Waals surface area contributed by atoms with Crippen molar-refractivity contribution >= 4 is 17.5 Å². The summed E-state index contributed by atoms with van der Waals surface area (Å²) in [5.74, 6) is -0.00126. The van der Waals surface area contributed by atoms with Crippen LogP contribution in [0.4, 0.5) is 5.69 Å². The highest BCUT2D eigenvalue weighted by Crippen LogP contribution is 2.15. The highest BCUT2D eigenvalue weighted by Gasteiger charge is 2.19.